The Morgan fingerprint density at radius 3 is 2.29 bits per heavy atom. The number of alkyl halides is 3. The number of hydrogen-bond acceptors (Lipinski definition) is 2. The van der Waals surface area contributed by atoms with Gasteiger partial charge in [-0.25, -0.2) is 4.79 Å². The van der Waals surface area contributed by atoms with Crippen molar-refractivity contribution in [1.29, 1.82) is 0 Å². The van der Waals surface area contributed by atoms with E-state index < -0.39 is 23.3 Å². The third-order valence-electron chi connectivity index (χ3n) is 3.72. The Balaban J connectivity index is 2.21. The molecule has 0 atom stereocenters. The Morgan fingerprint density at radius 1 is 1.14 bits per heavy atom. The minimum absolute atomic E-state index is 0.498. The topological polar surface area (TPSA) is 40.5 Å². The SMILES string of the molecule is O=C(O)c1cc(CN2CCCCCC2)ccc1C(F)(F)F. The van der Waals surface area contributed by atoms with E-state index in [4.69, 9.17) is 5.11 Å². The lowest BCUT2D eigenvalue weighted by molar-refractivity contribution is -0.138. The van der Waals surface area contributed by atoms with Crippen molar-refractivity contribution in [3.05, 3.63) is 34.9 Å². The van der Waals surface area contributed by atoms with E-state index in [1.54, 1.807) is 0 Å². The summed E-state index contributed by atoms with van der Waals surface area (Å²) in [7, 11) is 0. The number of rotatable bonds is 3. The van der Waals surface area contributed by atoms with E-state index in [1.807, 2.05) is 0 Å². The van der Waals surface area contributed by atoms with Gasteiger partial charge in [0.05, 0.1) is 11.1 Å². The molecule has 3 nitrogen and oxygen atoms in total. The van der Waals surface area contributed by atoms with Crippen molar-refractivity contribution in [3.8, 4) is 0 Å². The second-order valence-electron chi connectivity index (χ2n) is 5.37. The number of carbonyl (C=O) groups is 1. The maximum atomic E-state index is 12.8. The molecule has 1 aromatic carbocycles. The van der Waals surface area contributed by atoms with Crippen LogP contribution in [0.25, 0.3) is 0 Å². The summed E-state index contributed by atoms with van der Waals surface area (Å²) < 4.78 is 38.3. The van der Waals surface area contributed by atoms with Gasteiger partial charge in [-0.2, -0.15) is 13.2 Å². The zero-order chi connectivity index (χ0) is 15.5. The molecule has 2 rings (SSSR count). The Hall–Kier alpha value is -1.56. The number of aromatic carboxylic acids is 1. The highest BCUT2D eigenvalue weighted by atomic mass is 19.4. The number of halogens is 3. The van der Waals surface area contributed by atoms with E-state index in [2.05, 4.69) is 4.90 Å². The van der Waals surface area contributed by atoms with Crippen molar-refractivity contribution in [2.24, 2.45) is 0 Å². The minimum atomic E-state index is -4.64. The first-order chi connectivity index (χ1) is 9.88. The molecule has 0 aliphatic carbocycles. The second-order valence-corrected chi connectivity index (χ2v) is 5.37. The summed E-state index contributed by atoms with van der Waals surface area (Å²) in [6.45, 7) is 2.31. The van der Waals surface area contributed by atoms with Gasteiger partial charge in [0.2, 0.25) is 0 Å². The van der Waals surface area contributed by atoms with Crippen molar-refractivity contribution >= 4 is 5.97 Å². The monoisotopic (exact) mass is 301 g/mol. The van der Waals surface area contributed by atoms with Crippen LogP contribution in [0, 0.1) is 0 Å². The fraction of sp³-hybridized carbons (Fsp3) is 0.533. The molecule has 1 aliphatic rings. The number of carboxylic acids is 1. The predicted octanol–water partition coefficient (Wildman–Crippen LogP) is 3.78. The van der Waals surface area contributed by atoms with Gasteiger partial charge in [-0.3, -0.25) is 4.90 Å². The highest BCUT2D eigenvalue weighted by Gasteiger charge is 2.35. The Kier molecular flexibility index (Phi) is 4.88. The summed E-state index contributed by atoms with van der Waals surface area (Å²) in [5, 5.41) is 8.99. The molecule has 1 aromatic rings. The zero-order valence-electron chi connectivity index (χ0n) is 11.6. The summed E-state index contributed by atoms with van der Waals surface area (Å²) in [6.07, 6.45) is -0.151. The maximum Gasteiger partial charge on any atom is 0.417 e. The van der Waals surface area contributed by atoms with E-state index in [9.17, 15) is 18.0 Å². The first kappa shape index (κ1) is 15.8. The number of carboxylic acid groups (broad SMARTS) is 1. The van der Waals surface area contributed by atoms with Gasteiger partial charge in [0.25, 0.3) is 0 Å². The highest BCUT2D eigenvalue weighted by molar-refractivity contribution is 5.89. The van der Waals surface area contributed by atoms with Gasteiger partial charge in [0.15, 0.2) is 0 Å². The Bertz CT molecular complexity index is 506. The molecule has 0 amide bonds. The van der Waals surface area contributed by atoms with Gasteiger partial charge in [-0.15, -0.1) is 0 Å². The summed E-state index contributed by atoms with van der Waals surface area (Å²) in [4.78, 5) is 13.2. The Labute approximate surface area is 121 Å². The van der Waals surface area contributed by atoms with Gasteiger partial charge < -0.3 is 5.11 Å². The van der Waals surface area contributed by atoms with Crippen LogP contribution in [0.15, 0.2) is 18.2 Å². The van der Waals surface area contributed by atoms with E-state index in [-0.39, 0.29) is 0 Å². The molecule has 0 spiro atoms. The van der Waals surface area contributed by atoms with Gasteiger partial charge >= 0.3 is 12.1 Å². The maximum absolute atomic E-state index is 12.8. The summed E-state index contributed by atoms with van der Waals surface area (Å²) >= 11 is 0. The van der Waals surface area contributed by atoms with Crippen molar-refractivity contribution < 1.29 is 23.1 Å². The molecule has 0 bridgehead atoms. The van der Waals surface area contributed by atoms with Crippen LogP contribution in [0.4, 0.5) is 13.2 Å². The van der Waals surface area contributed by atoms with Crippen molar-refractivity contribution in [3.63, 3.8) is 0 Å². The lowest BCUT2D eigenvalue weighted by Gasteiger charge is -2.20. The highest BCUT2D eigenvalue weighted by Crippen LogP contribution is 2.32. The van der Waals surface area contributed by atoms with E-state index in [0.717, 1.165) is 38.1 Å². The first-order valence-electron chi connectivity index (χ1n) is 7.03. The molecule has 6 heteroatoms. The molecule has 0 radical (unpaired) electrons. The average Bonchev–Trinajstić information content (AvgIpc) is 2.66. The van der Waals surface area contributed by atoms with Gasteiger partial charge in [0, 0.05) is 6.54 Å². The standard InChI is InChI=1S/C15H18F3NO2/c16-15(17,18)13-6-5-11(9-12(13)14(20)21)10-19-7-3-1-2-4-8-19/h5-6,9H,1-4,7-8,10H2,(H,20,21). The summed E-state index contributed by atoms with van der Waals surface area (Å²) in [5.74, 6) is -1.54. The molecule has 0 aromatic heterocycles. The van der Waals surface area contributed by atoms with Crippen LogP contribution >= 0.6 is 0 Å². The van der Waals surface area contributed by atoms with Gasteiger partial charge in [0.1, 0.15) is 0 Å². The predicted molar refractivity (Wildman–Crippen MR) is 72.1 cm³/mol. The minimum Gasteiger partial charge on any atom is -0.478 e. The van der Waals surface area contributed by atoms with E-state index in [1.165, 1.54) is 18.9 Å². The normalized spacial score (nSPS) is 17.5. The molecule has 21 heavy (non-hydrogen) atoms. The third-order valence-corrected chi connectivity index (χ3v) is 3.72. The van der Waals surface area contributed by atoms with Gasteiger partial charge in [-0.1, -0.05) is 18.9 Å². The van der Waals surface area contributed by atoms with Crippen molar-refractivity contribution in [1.82, 2.24) is 4.90 Å². The molecule has 1 fully saturated rings. The Morgan fingerprint density at radius 2 is 1.76 bits per heavy atom. The molecular weight excluding hydrogens is 283 g/mol. The summed E-state index contributed by atoms with van der Waals surface area (Å²) in [6, 6.07) is 3.40. The number of hydrogen-bond donors (Lipinski definition) is 1. The molecule has 1 N–H and O–H groups in total. The van der Waals surface area contributed by atoms with Crippen LogP contribution < -0.4 is 0 Å². The first-order valence-corrected chi connectivity index (χ1v) is 7.03. The van der Waals surface area contributed by atoms with E-state index in [0.29, 0.717) is 12.1 Å². The van der Waals surface area contributed by atoms with Crippen LogP contribution in [0.5, 0.6) is 0 Å². The molecule has 1 aliphatic heterocycles. The molecule has 0 saturated carbocycles. The van der Waals surface area contributed by atoms with Crippen LogP contribution in [-0.4, -0.2) is 29.1 Å². The molecular formula is C15H18F3NO2. The average molecular weight is 301 g/mol. The molecule has 1 saturated heterocycles. The molecule has 0 unspecified atom stereocenters. The third kappa shape index (κ3) is 4.20. The van der Waals surface area contributed by atoms with Crippen LogP contribution in [-0.2, 0) is 12.7 Å². The quantitative estimate of drug-likeness (QED) is 0.923. The fourth-order valence-electron chi connectivity index (χ4n) is 2.67. The van der Waals surface area contributed by atoms with Crippen LogP contribution in [0.3, 0.4) is 0 Å². The number of benzene rings is 1. The van der Waals surface area contributed by atoms with Crippen LogP contribution in [0.1, 0.15) is 47.2 Å². The molecule has 116 valence electrons. The van der Waals surface area contributed by atoms with E-state index >= 15 is 0 Å². The van der Waals surface area contributed by atoms with Gasteiger partial charge in [-0.05, 0) is 43.6 Å². The zero-order valence-corrected chi connectivity index (χ0v) is 11.6. The summed E-state index contributed by atoms with van der Waals surface area (Å²) in [5.41, 5.74) is -1.15. The van der Waals surface area contributed by atoms with Crippen molar-refractivity contribution in [2.45, 2.75) is 38.4 Å². The molecule has 1 heterocycles. The van der Waals surface area contributed by atoms with Crippen LogP contribution in [0.2, 0.25) is 0 Å². The lowest BCUT2D eigenvalue weighted by atomic mass is 10.0. The lowest BCUT2D eigenvalue weighted by Crippen LogP contribution is -2.24. The number of nitrogens with zero attached hydrogens (tertiary/aromatic N) is 1. The largest absolute Gasteiger partial charge is 0.478 e. The number of likely N-dealkylation sites (tertiary alicyclic amines) is 1. The smallest absolute Gasteiger partial charge is 0.417 e. The second kappa shape index (κ2) is 6.47. The fourth-order valence-corrected chi connectivity index (χ4v) is 2.67. The van der Waals surface area contributed by atoms with Crippen molar-refractivity contribution in [2.75, 3.05) is 13.1 Å².